The van der Waals surface area contributed by atoms with Crippen molar-refractivity contribution in [3.63, 3.8) is 0 Å². The Kier molecular flexibility index (Phi) is 4.47. The minimum absolute atomic E-state index is 0.824. The second kappa shape index (κ2) is 6.09. The monoisotopic (exact) mass is 353 g/mol. The van der Waals surface area contributed by atoms with Crippen molar-refractivity contribution >= 4 is 28.3 Å². The first-order valence-corrected chi connectivity index (χ1v) is 6.90. The third kappa shape index (κ3) is 3.38. The van der Waals surface area contributed by atoms with Gasteiger partial charge >= 0.3 is 0 Å². The highest BCUT2D eigenvalue weighted by molar-refractivity contribution is 14.1. The summed E-state index contributed by atoms with van der Waals surface area (Å²) in [7, 11) is 1.68. The zero-order valence-corrected chi connectivity index (χ0v) is 12.7. The number of hydrogen-bond acceptors (Lipinski definition) is 2. The van der Waals surface area contributed by atoms with Gasteiger partial charge < -0.3 is 10.1 Å². The van der Waals surface area contributed by atoms with Gasteiger partial charge in [0, 0.05) is 15.8 Å². The quantitative estimate of drug-likeness (QED) is 0.831. The second-order valence-electron chi connectivity index (χ2n) is 4.16. The highest BCUT2D eigenvalue weighted by Crippen LogP contribution is 2.19. The molecule has 0 aromatic heterocycles. The molecule has 1 N–H and O–H groups in total. The number of hydrogen-bond donors (Lipinski definition) is 1. The number of anilines is 1. The predicted octanol–water partition coefficient (Wildman–Crippen LogP) is 4.22. The maximum atomic E-state index is 5.15. The summed E-state index contributed by atoms with van der Waals surface area (Å²) < 4.78 is 6.39. The van der Waals surface area contributed by atoms with E-state index in [-0.39, 0.29) is 0 Å². The number of halogens is 1. The van der Waals surface area contributed by atoms with Gasteiger partial charge in [0.15, 0.2) is 0 Å². The van der Waals surface area contributed by atoms with Crippen LogP contribution in [-0.2, 0) is 6.54 Å². The first-order valence-electron chi connectivity index (χ1n) is 5.82. The molecule has 2 aromatic carbocycles. The van der Waals surface area contributed by atoms with Crippen LogP contribution in [0.2, 0.25) is 0 Å². The second-order valence-corrected chi connectivity index (χ2v) is 5.41. The van der Waals surface area contributed by atoms with Crippen LogP contribution in [0.4, 0.5) is 5.69 Å². The Bertz CT molecular complexity index is 523. The molecule has 2 nitrogen and oxygen atoms in total. The SMILES string of the molecule is COc1ccc(CNc2cc(I)ccc2C)cc1. The maximum Gasteiger partial charge on any atom is 0.118 e. The molecule has 2 rings (SSSR count). The number of nitrogens with one attached hydrogen (secondary N) is 1. The van der Waals surface area contributed by atoms with E-state index < -0.39 is 0 Å². The summed E-state index contributed by atoms with van der Waals surface area (Å²) in [5.41, 5.74) is 3.70. The van der Waals surface area contributed by atoms with Gasteiger partial charge in [-0.1, -0.05) is 18.2 Å². The molecular formula is C15H16INO. The lowest BCUT2D eigenvalue weighted by atomic mass is 10.1. The molecular weight excluding hydrogens is 337 g/mol. The van der Waals surface area contributed by atoms with E-state index in [0.717, 1.165) is 12.3 Å². The minimum Gasteiger partial charge on any atom is -0.497 e. The van der Waals surface area contributed by atoms with E-state index in [1.165, 1.54) is 20.4 Å². The molecule has 0 aliphatic heterocycles. The van der Waals surface area contributed by atoms with Crippen molar-refractivity contribution in [2.24, 2.45) is 0 Å². The van der Waals surface area contributed by atoms with Crippen LogP contribution in [0.25, 0.3) is 0 Å². The average molecular weight is 353 g/mol. The fourth-order valence-electron chi connectivity index (χ4n) is 1.73. The minimum atomic E-state index is 0.824. The van der Waals surface area contributed by atoms with Crippen LogP contribution in [0.3, 0.4) is 0 Å². The third-order valence-electron chi connectivity index (χ3n) is 2.84. The van der Waals surface area contributed by atoms with Crippen molar-refractivity contribution in [1.82, 2.24) is 0 Å². The lowest BCUT2D eigenvalue weighted by molar-refractivity contribution is 0.414. The van der Waals surface area contributed by atoms with Gasteiger partial charge in [-0.2, -0.15) is 0 Å². The van der Waals surface area contributed by atoms with Crippen molar-refractivity contribution in [1.29, 1.82) is 0 Å². The maximum absolute atomic E-state index is 5.15. The Labute approximate surface area is 122 Å². The summed E-state index contributed by atoms with van der Waals surface area (Å²) >= 11 is 2.33. The fourth-order valence-corrected chi connectivity index (χ4v) is 2.22. The molecule has 0 fully saturated rings. The lowest BCUT2D eigenvalue weighted by Gasteiger charge is -2.10. The van der Waals surface area contributed by atoms with E-state index in [9.17, 15) is 0 Å². The zero-order chi connectivity index (χ0) is 13.0. The Morgan fingerprint density at radius 1 is 1.11 bits per heavy atom. The average Bonchev–Trinajstić information content (AvgIpc) is 2.40. The lowest BCUT2D eigenvalue weighted by Crippen LogP contribution is -2.01. The Morgan fingerprint density at radius 2 is 1.83 bits per heavy atom. The largest absolute Gasteiger partial charge is 0.497 e. The van der Waals surface area contributed by atoms with E-state index in [4.69, 9.17) is 4.74 Å². The fraction of sp³-hybridized carbons (Fsp3) is 0.200. The molecule has 3 heteroatoms. The smallest absolute Gasteiger partial charge is 0.118 e. The Balaban J connectivity index is 2.04. The number of rotatable bonds is 4. The van der Waals surface area contributed by atoms with E-state index in [0.29, 0.717) is 0 Å². The van der Waals surface area contributed by atoms with Crippen LogP contribution < -0.4 is 10.1 Å². The molecule has 0 spiro atoms. The standard InChI is InChI=1S/C15H16INO/c1-11-3-6-13(16)9-15(11)17-10-12-4-7-14(18-2)8-5-12/h3-9,17H,10H2,1-2H3. The number of ether oxygens (including phenoxy) is 1. The molecule has 0 bridgehead atoms. The first kappa shape index (κ1) is 13.2. The van der Waals surface area contributed by atoms with Gasteiger partial charge in [-0.05, 0) is 64.9 Å². The molecule has 0 aliphatic carbocycles. The molecule has 0 unspecified atom stereocenters. The van der Waals surface area contributed by atoms with Crippen LogP contribution in [0, 0.1) is 10.5 Å². The molecule has 18 heavy (non-hydrogen) atoms. The van der Waals surface area contributed by atoms with E-state index in [2.05, 4.69) is 65.2 Å². The molecule has 0 amide bonds. The third-order valence-corrected chi connectivity index (χ3v) is 3.51. The summed E-state index contributed by atoms with van der Waals surface area (Å²) in [6, 6.07) is 14.5. The van der Waals surface area contributed by atoms with Crippen LogP contribution in [0.15, 0.2) is 42.5 Å². The molecule has 94 valence electrons. The molecule has 2 aromatic rings. The van der Waals surface area contributed by atoms with Crippen molar-refractivity contribution in [3.8, 4) is 5.75 Å². The van der Waals surface area contributed by atoms with Crippen molar-refractivity contribution in [2.75, 3.05) is 12.4 Å². The van der Waals surface area contributed by atoms with Gasteiger partial charge in [-0.15, -0.1) is 0 Å². The van der Waals surface area contributed by atoms with E-state index in [1.807, 2.05) is 12.1 Å². The van der Waals surface area contributed by atoms with Gasteiger partial charge in [-0.25, -0.2) is 0 Å². The number of methoxy groups -OCH3 is 1. The van der Waals surface area contributed by atoms with Crippen molar-refractivity contribution in [2.45, 2.75) is 13.5 Å². The molecule has 0 aliphatic rings. The van der Waals surface area contributed by atoms with Crippen molar-refractivity contribution in [3.05, 3.63) is 57.2 Å². The number of benzene rings is 2. The van der Waals surface area contributed by atoms with E-state index >= 15 is 0 Å². The van der Waals surface area contributed by atoms with E-state index in [1.54, 1.807) is 7.11 Å². The topological polar surface area (TPSA) is 21.3 Å². The molecule has 0 atom stereocenters. The number of aryl methyl sites for hydroxylation is 1. The summed E-state index contributed by atoms with van der Waals surface area (Å²) in [5.74, 6) is 0.893. The van der Waals surface area contributed by atoms with Crippen LogP contribution in [-0.4, -0.2) is 7.11 Å². The van der Waals surface area contributed by atoms with Crippen LogP contribution in [0.1, 0.15) is 11.1 Å². The van der Waals surface area contributed by atoms with Gasteiger partial charge in [0.1, 0.15) is 5.75 Å². The summed E-state index contributed by atoms with van der Waals surface area (Å²) in [6.07, 6.45) is 0. The molecule has 0 saturated heterocycles. The highest BCUT2D eigenvalue weighted by atomic mass is 127. The van der Waals surface area contributed by atoms with Crippen molar-refractivity contribution < 1.29 is 4.74 Å². The summed E-state index contributed by atoms with van der Waals surface area (Å²) in [5, 5.41) is 3.46. The Hall–Kier alpha value is -1.23. The highest BCUT2D eigenvalue weighted by Gasteiger charge is 1.99. The predicted molar refractivity (Wildman–Crippen MR) is 84.2 cm³/mol. The van der Waals surface area contributed by atoms with Gasteiger partial charge in [0.05, 0.1) is 7.11 Å². The van der Waals surface area contributed by atoms with Gasteiger partial charge in [0.2, 0.25) is 0 Å². The van der Waals surface area contributed by atoms with Gasteiger partial charge in [0.25, 0.3) is 0 Å². The summed E-state index contributed by atoms with van der Waals surface area (Å²) in [4.78, 5) is 0. The first-order chi connectivity index (χ1) is 8.69. The van der Waals surface area contributed by atoms with Crippen LogP contribution in [0.5, 0.6) is 5.75 Å². The molecule has 0 saturated carbocycles. The zero-order valence-electron chi connectivity index (χ0n) is 10.5. The molecule has 0 radical (unpaired) electrons. The molecule has 0 heterocycles. The van der Waals surface area contributed by atoms with Gasteiger partial charge in [-0.3, -0.25) is 0 Å². The summed E-state index contributed by atoms with van der Waals surface area (Å²) in [6.45, 7) is 2.94. The normalized spacial score (nSPS) is 10.2. The Morgan fingerprint density at radius 3 is 2.50 bits per heavy atom. The van der Waals surface area contributed by atoms with Crippen LogP contribution >= 0.6 is 22.6 Å².